The van der Waals surface area contributed by atoms with Gasteiger partial charge < -0.3 is 10.0 Å². The molecule has 3 rings (SSSR count). The van der Waals surface area contributed by atoms with E-state index in [2.05, 4.69) is 5.10 Å². The summed E-state index contributed by atoms with van der Waals surface area (Å²) in [5.74, 6) is -1.31. The van der Waals surface area contributed by atoms with Crippen LogP contribution in [0.15, 0.2) is 42.6 Å². The number of aromatic nitrogens is 2. The van der Waals surface area contributed by atoms with Gasteiger partial charge in [-0.05, 0) is 38.0 Å². The summed E-state index contributed by atoms with van der Waals surface area (Å²) in [4.78, 5) is 25.5. The number of hydrogen-bond acceptors (Lipinski definition) is 3. The molecule has 1 aliphatic rings. The maximum atomic E-state index is 12.6. The van der Waals surface area contributed by atoms with Crippen molar-refractivity contribution < 1.29 is 14.7 Å². The fraction of sp³-hybridized carbons (Fsp3) is 0.312. The highest BCUT2D eigenvalue weighted by Gasteiger charge is 2.46. The minimum Gasteiger partial charge on any atom is -0.480 e. The second-order valence-electron chi connectivity index (χ2n) is 5.62. The van der Waals surface area contributed by atoms with Gasteiger partial charge in [-0.25, -0.2) is 9.48 Å². The van der Waals surface area contributed by atoms with Gasteiger partial charge in [0.1, 0.15) is 5.54 Å². The maximum absolute atomic E-state index is 12.6. The van der Waals surface area contributed by atoms with Gasteiger partial charge in [0.2, 0.25) is 0 Å². The van der Waals surface area contributed by atoms with Crippen molar-refractivity contribution in [2.75, 3.05) is 6.54 Å². The molecule has 1 saturated heterocycles. The number of carbonyl (C=O) groups excluding carboxylic acids is 1. The van der Waals surface area contributed by atoms with Gasteiger partial charge in [-0.15, -0.1) is 0 Å². The van der Waals surface area contributed by atoms with Crippen molar-refractivity contribution in [3.8, 4) is 5.69 Å². The monoisotopic (exact) mass is 299 g/mol. The van der Waals surface area contributed by atoms with Crippen LogP contribution < -0.4 is 0 Å². The lowest BCUT2D eigenvalue weighted by Gasteiger charge is -2.30. The van der Waals surface area contributed by atoms with Crippen molar-refractivity contribution in [2.24, 2.45) is 0 Å². The molecule has 1 aromatic carbocycles. The zero-order valence-corrected chi connectivity index (χ0v) is 12.3. The molecule has 0 bridgehead atoms. The number of carboxylic acid groups (broad SMARTS) is 1. The summed E-state index contributed by atoms with van der Waals surface area (Å²) in [6.07, 6.45) is 2.86. The molecule has 1 amide bonds. The number of carbonyl (C=O) groups is 2. The molecule has 1 aliphatic heterocycles. The maximum Gasteiger partial charge on any atom is 0.329 e. The summed E-state index contributed by atoms with van der Waals surface area (Å²) in [5, 5.41) is 13.7. The van der Waals surface area contributed by atoms with E-state index >= 15 is 0 Å². The number of aliphatic carboxylic acids is 1. The molecule has 6 heteroatoms. The van der Waals surface area contributed by atoms with E-state index < -0.39 is 11.5 Å². The Labute approximate surface area is 128 Å². The molecule has 0 saturated carbocycles. The van der Waals surface area contributed by atoms with Crippen LogP contribution in [0.25, 0.3) is 5.69 Å². The highest BCUT2D eigenvalue weighted by atomic mass is 16.4. The first-order chi connectivity index (χ1) is 10.5. The molecular weight excluding hydrogens is 282 g/mol. The van der Waals surface area contributed by atoms with Crippen molar-refractivity contribution in [1.29, 1.82) is 0 Å². The quantitative estimate of drug-likeness (QED) is 0.940. The van der Waals surface area contributed by atoms with Gasteiger partial charge in [0, 0.05) is 12.7 Å². The third-order valence-electron chi connectivity index (χ3n) is 4.18. The summed E-state index contributed by atoms with van der Waals surface area (Å²) < 4.78 is 1.61. The van der Waals surface area contributed by atoms with Gasteiger partial charge in [0.15, 0.2) is 5.69 Å². The molecule has 2 aromatic rings. The van der Waals surface area contributed by atoms with E-state index in [0.29, 0.717) is 19.4 Å². The molecule has 0 spiro atoms. The van der Waals surface area contributed by atoms with Crippen LogP contribution in [-0.4, -0.2) is 43.7 Å². The fourth-order valence-corrected chi connectivity index (χ4v) is 2.81. The van der Waals surface area contributed by atoms with Crippen LogP contribution in [0, 0.1) is 0 Å². The van der Waals surface area contributed by atoms with Crippen molar-refractivity contribution in [3.63, 3.8) is 0 Å². The topological polar surface area (TPSA) is 75.4 Å². The molecule has 1 fully saturated rings. The van der Waals surface area contributed by atoms with Gasteiger partial charge in [-0.3, -0.25) is 4.79 Å². The molecular formula is C16H17N3O3. The lowest BCUT2D eigenvalue weighted by atomic mass is 9.99. The molecule has 1 atom stereocenters. The largest absolute Gasteiger partial charge is 0.480 e. The molecule has 0 radical (unpaired) electrons. The first-order valence-corrected chi connectivity index (χ1v) is 7.19. The second-order valence-corrected chi connectivity index (χ2v) is 5.62. The third kappa shape index (κ3) is 2.26. The first-order valence-electron chi connectivity index (χ1n) is 7.19. The second kappa shape index (κ2) is 5.29. The predicted octanol–water partition coefficient (Wildman–Crippen LogP) is 1.95. The van der Waals surface area contributed by atoms with Crippen molar-refractivity contribution in [2.45, 2.75) is 25.3 Å². The average molecular weight is 299 g/mol. The van der Waals surface area contributed by atoms with Crippen LogP contribution in [0.5, 0.6) is 0 Å². The molecule has 1 N–H and O–H groups in total. The van der Waals surface area contributed by atoms with Gasteiger partial charge in [-0.2, -0.15) is 5.10 Å². The number of hydrogen-bond donors (Lipinski definition) is 1. The van der Waals surface area contributed by atoms with Crippen LogP contribution in [-0.2, 0) is 4.79 Å². The van der Waals surface area contributed by atoms with Crippen molar-refractivity contribution in [3.05, 3.63) is 48.3 Å². The smallest absolute Gasteiger partial charge is 0.329 e. The fourth-order valence-electron chi connectivity index (χ4n) is 2.81. The number of para-hydroxylation sites is 1. The van der Waals surface area contributed by atoms with Crippen LogP contribution in [0.3, 0.4) is 0 Å². The normalized spacial score (nSPS) is 21.0. The molecule has 114 valence electrons. The summed E-state index contributed by atoms with van der Waals surface area (Å²) in [6.45, 7) is 2.04. The lowest BCUT2D eigenvalue weighted by molar-refractivity contribution is -0.147. The third-order valence-corrected chi connectivity index (χ3v) is 4.18. The summed E-state index contributed by atoms with van der Waals surface area (Å²) >= 11 is 0. The number of rotatable bonds is 3. The number of nitrogens with zero attached hydrogens (tertiary/aromatic N) is 3. The summed E-state index contributed by atoms with van der Waals surface area (Å²) in [5.41, 5.74) is -0.0321. The van der Waals surface area contributed by atoms with E-state index in [1.807, 2.05) is 30.3 Å². The van der Waals surface area contributed by atoms with Gasteiger partial charge in [0.05, 0.1) is 5.69 Å². The summed E-state index contributed by atoms with van der Waals surface area (Å²) in [6, 6.07) is 11.1. The minimum absolute atomic E-state index is 0.262. The molecule has 0 aliphatic carbocycles. The Hall–Kier alpha value is -2.63. The zero-order valence-electron chi connectivity index (χ0n) is 12.3. The van der Waals surface area contributed by atoms with Gasteiger partial charge >= 0.3 is 5.97 Å². The van der Waals surface area contributed by atoms with Gasteiger partial charge in [-0.1, -0.05) is 18.2 Å². The zero-order chi connectivity index (χ0) is 15.7. The van der Waals surface area contributed by atoms with E-state index in [4.69, 9.17) is 0 Å². The Bertz CT molecular complexity index is 710. The van der Waals surface area contributed by atoms with Crippen LogP contribution in [0.2, 0.25) is 0 Å². The summed E-state index contributed by atoms with van der Waals surface area (Å²) in [7, 11) is 0. The Balaban J connectivity index is 1.88. The average Bonchev–Trinajstić information content (AvgIpc) is 3.15. The Morgan fingerprint density at radius 2 is 1.95 bits per heavy atom. The highest BCUT2D eigenvalue weighted by Crippen LogP contribution is 2.30. The van der Waals surface area contributed by atoms with E-state index in [1.165, 1.54) is 4.90 Å². The molecule has 6 nitrogen and oxygen atoms in total. The van der Waals surface area contributed by atoms with E-state index in [0.717, 1.165) is 5.69 Å². The molecule has 22 heavy (non-hydrogen) atoms. The molecule has 2 heterocycles. The van der Waals surface area contributed by atoms with Crippen molar-refractivity contribution in [1.82, 2.24) is 14.7 Å². The predicted molar refractivity (Wildman–Crippen MR) is 79.9 cm³/mol. The van der Waals surface area contributed by atoms with E-state index in [9.17, 15) is 14.7 Å². The molecule has 1 aromatic heterocycles. The number of likely N-dealkylation sites (tertiary alicyclic amines) is 1. The van der Waals surface area contributed by atoms with Crippen LogP contribution in [0.4, 0.5) is 0 Å². The SMILES string of the molecule is CC1(C(=O)O)CCCN1C(=O)c1ccn(-c2ccccc2)n1. The number of benzene rings is 1. The number of amides is 1. The standard InChI is InChI=1S/C16H17N3O3/c1-16(15(21)22)9-5-10-18(16)14(20)13-8-11-19(17-13)12-6-3-2-4-7-12/h2-4,6-8,11H,5,9-10H2,1H3,(H,21,22). The van der Waals surface area contributed by atoms with Gasteiger partial charge in [0.25, 0.3) is 5.91 Å². The minimum atomic E-state index is -1.15. The van der Waals surface area contributed by atoms with E-state index in [-0.39, 0.29) is 11.6 Å². The van der Waals surface area contributed by atoms with Crippen LogP contribution in [0.1, 0.15) is 30.3 Å². The lowest BCUT2D eigenvalue weighted by Crippen LogP contribution is -2.50. The van der Waals surface area contributed by atoms with E-state index in [1.54, 1.807) is 23.9 Å². The first kappa shape index (κ1) is 14.3. The van der Waals surface area contributed by atoms with Crippen molar-refractivity contribution >= 4 is 11.9 Å². The number of carboxylic acids is 1. The molecule has 1 unspecified atom stereocenters. The highest BCUT2D eigenvalue weighted by molar-refractivity contribution is 5.96. The Morgan fingerprint density at radius 1 is 1.23 bits per heavy atom. The Kier molecular flexibility index (Phi) is 3.44. The van der Waals surface area contributed by atoms with Crippen LogP contribution >= 0.6 is 0 Å². The Morgan fingerprint density at radius 3 is 2.64 bits per heavy atom.